The molecule has 5 rings (SSSR count). The highest BCUT2D eigenvalue weighted by atomic mass is 16.5. The van der Waals surface area contributed by atoms with Gasteiger partial charge in [0.2, 0.25) is 5.88 Å². The highest BCUT2D eigenvalue weighted by Gasteiger charge is 2.30. The van der Waals surface area contributed by atoms with Crippen LogP contribution < -0.4 is 10.5 Å². The van der Waals surface area contributed by atoms with Gasteiger partial charge in [-0.05, 0) is 68.5 Å². The van der Waals surface area contributed by atoms with Gasteiger partial charge in [-0.25, -0.2) is 0 Å². The summed E-state index contributed by atoms with van der Waals surface area (Å²) in [6.07, 6.45) is 29.4. The maximum atomic E-state index is 6.57. The summed E-state index contributed by atoms with van der Waals surface area (Å²) in [6, 6.07) is 11.5. The van der Waals surface area contributed by atoms with Crippen molar-refractivity contribution in [2.45, 2.75) is 141 Å². The lowest BCUT2D eigenvalue weighted by Crippen LogP contribution is -2.47. The number of nitrogens with two attached hydrogens (primary N) is 1. The monoisotopic (exact) mass is 586 g/mol. The molecule has 236 valence electrons. The summed E-state index contributed by atoms with van der Waals surface area (Å²) in [5.74, 6) is 7.44. The predicted octanol–water partition coefficient (Wildman–Crippen LogP) is 9.34. The van der Waals surface area contributed by atoms with E-state index < -0.39 is 0 Å². The van der Waals surface area contributed by atoms with Crippen molar-refractivity contribution in [1.29, 1.82) is 0 Å². The molecule has 3 aliphatic heterocycles. The Hall–Kier alpha value is -2.58. The number of nitrogen functional groups attached to an aromatic ring is 1. The topological polar surface area (TPSA) is 64.3 Å². The molecule has 0 amide bonds. The van der Waals surface area contributed by atoms with E-state index in [1.165, 1.54) is 148 Å². The van der Waals surface area contributed by atoms with Crippen LogP contribution in [0.2, 0.25) is 0 Å². The standard InChI is InChI=1S/C38H58N4O/c39-35-23-20-21-33(31-35)24-25-36-26-27-38(41-40-36)43-37-32-42-29-19-17-15-13-11-9-7-5-3-1-2-4-6-8-10-12-14-16-18-22-34(37)28-30-42/h20-21,23,26-27,31,34,37H,1-19,22,28-30,32,39H2. The quantitative estimate of drug-likeness (QED) is 0.281. The lowest BCUT2D eigenvalue weighted by atomic mass is 9.88. The number of piperidine rings is 1. The fourth-order valence-corrected chi connectivity index (χ4v) is 6.80. The fraction of sp³-hybridized carbons (Fsp3) is 0.684. The normalized spacial score (nSPS) is 24.5. The molecule has 0 spiro atoms. The first-order valence-electron chi connectivity index (χ1n) is 17.9. The molecule has 1 aromatic carbocycles. The summed E-state index contributed by atoms with van der Waals surface area (Å²) in [7, 11) is 0. The van der Waals surface area contributed by atoms with E-state index in [0.29, 0.717) is 23.2 Å². The first-order chi connectivity index (χ1) is 21.3. The van der Waals surface area contributed by atoms with Crippen molar-refractivity contribution in [2.24, 2.45) is 5.92 Å². The summed E-state index contributed by atoms with van der Waals surface area (Å²) >= 11 is 0. The summed E-state index contributed by atoms with van der Waals surface area (Å²) in [6.45, 7) is 3.40. The first-order valence-corrected chi connectivity index (χ1v) is 17.9. The Morgan fingerprint density at radius 3 is 1.81 bits per heavy atom. The van der Waals surface area contributed by atoms with Gasteiger partial charge < -0.3 is 10.5 Å². The van der Waals surface area contributed by atoms with E-state index in [0.717, 1.165) is 12.1 Å². The number of nitrogens with zero attached hydrogens (tertiary/aromatic N) is 3. The zero-order chi connectivity index (χ0) is 29.8. The molecule has 3 saturated heterocycles. The average molecular weight is 587 g/mol. The molecule has 0 saturated carbocycles. The van der Waals surface area contributed by atoms with Crippen LogP contribution in [0.25, 0.3) is 0 Å². The van der Waals surface area contributed by atoms with Crippen molar-refractivity contribution in [1.82, 2.24) is 15.1 Å². The van der Waals surface area contributed by atoms with Crippen LogP contribution in [0.5, 0.6) is 5.88 Å². The highest BCUT2D eigenvalue weighted by molar-refractivity contribution is 5.48. The van der Waals surface area contributed by atoms with E-state index in [2.05, 4.69) is 26.9 Å². The summed E-state index contributed by atoms with van der Waals surface area (Å²) in [5.41, 5.74) is 8.11. The number of ether oxygens (including phenoxy) is 1. The molecule has 2 N–H and O–H groups in total. The van der Waals surface area contributed by atoms with E-state index in [4.69, 9.17) is 10.5 Å². The Kier molecular flexibility index (Phi) is 15.8. The molecule has 4 heterocycles. The van der Waals surface area contributed by atoms with E-state index >= 15 is 0 Å². The largest absolute Gasteiger partial charge is 0.472 e. The molecule has 43 heavy (non-hydrogen) atoms. The van der Waals surface area contributed by atoms with E-state index in [1.54, 1.807) is 0 Å². The van der Waals surface area contributed by atoms with Gasteiger partial charge in [-0.1, -0.05) is 128 Å². The Morgan fingerprint density at radius 1 is 0.628 bits per heavy atom. The molecule has 0 aliphatic carbocycles. The molecule has 5 nitrogen and oxygen atoms in total. The van der Waals surface area contributed by atoms with E-state index in [1.807, 2.05) is 36.4 Å². The van der Waals surface area contributed by atoms with Crippen LogP contribution in [0.3, 0.4) is 0 Å². The Morgan fingerprint density at radius 2 is 1.23 bits per heavy atom. The Bertz CT molecular complexity index is 1070. The van der Waals surface area contributed by atoms with Gasteiger partial charge in [-0.15, -0.1) is 10.2 Å². The first kappa shape index (κ1) is 33.3. The maximum absolute atomic E-state index is 6.57. The van der Waals surface area contributed by atoms with Crippen LogP contribution in [-0.4, -0.2) is 40.8 Å². The van der Waals surface area contributed by atoms with Crippen molar-refractivity contribution in [3.05, 3.63) is 47.7 Å². The molecular weight excluding hydrogens is 528 g/mol. The maximum Gasteiger partial charge on any atom is 0.233 e. The molecule has 3 aliphatic rings. The Balaban J connectivity index is 1.29. The number of rotatable bonds is 2. The minimum Gasteiger partial charge on any atom is -0.472 e. The van der Waals surface area contributed by atoms with Gasteiger partial charge in [0.1, 0.15) is 11.8 Å². The number of fused-ring (bicyclic) bond motifs is 22. The SMILES string of the molecule is Nc1cccc(C#Cc2ccc(OC3CN4CCCCCCCCCCCCCCCCCCCCCC3CC4)nn2)c1. The van der Waals surface area contributed by atoms with Crippen molar-refractivity contribution in [2.75, 3.05) is 25.4 Å². The molecule has 0 radical (unpaired) electrons. The van der Waals surface area contributed by atoms with Gasteiger partial charge in [0.25, 0.3) is 0 Å². The van der Waals surface area contributed by atoms with E-state index in [9.17, 15) is 0 Å². The zero-order valence-electron chi connectivity index (χ0n) is 26.9. The van der Waals surface area contributed by atoms with Gasteiger partial charge in [0.15, 0.2) is 0 Å². The second kappa shape index (κ2) is 20.4. The third-order valence-electron chi connectivity index (χ3n) is 9.46. The van der Waals surface area contributed by atoms with Gasteiger partial charge in [0.05, 0.1) is 0 Å². The number of aromatic nitrogens is 2. The molecule has 3 unspecified atom stereocenters. The Labute approximate surface area is 262 Å². The molecule has 3 fully saturated rings. The highest BCUT2D eigenvalue weighted by Crippen LogP contribution is 2.28. The summed E-state index contributed by atoms with van der Waals surface area (Å²) in [4.78, 5) is 2.64. The van der Waals surface area contributed by atoms with Crippen LogP contribution in [0.1, 0.15) is 146 Å². The van der Waals surface area contributed by atoms with Gasteiger partial charge >= 0.3 is 0 Å². The number of hydrogen-bond acceptors (Lipinski definition) is 5. The summed E-state index contributed by atoms with van der Waals surface area (Å²) < 4.78 is 6.57. The number of anilines is 1. The van der Waals surface area contributed by atoms with Crippen molar-refractivity contribution < 1.29 is 4.74 Å². The van der Waals surface area contributed by atoms with Crippen molar-refractivity contribution in [3.63, 3.8) is 0 Å². The van der Waals surface area contributed by atoms with Crippen molar-refractivity contribution >= 4 is 5.69 Å². The summed E-state index contributed by atoms with van der Waals surface area (Å²) in [5, 5.41) is 8.77. The second-order valence-corrected chi connectivity index (χ2v) is 13.1. The predicted molar refractivity (Wildman–Crippen MR) is 180 cm³/mol. The molecule has 2 bridgehead atoms. The second-order valence-electron chi connectivity index (χ2n) is 13.1. The fourth-order valence-electron chi connectivity index (χ4n) is 6.80. The third-order valence-corrected chi connectivity index (χ3v) is 9.46. The molecule has 3 atom stereocenters. The lowest BCUT2D eigenvalue weighted by Gasteiger charge is -2.38. The average Bonchev–Trinajstić information content (AvgIpc) is 3.02. The van der Waals surface area contributed by atoms with Crippen LogP contribution in [0, 0.1) is 17.8 Å². The van der Waals surface area contributed by atoms with Crippen LogP contribution in [-0.2, 0) is 0 Å². The molecule has 5 heteroatoms. The molecular formula is C38H58N4O. The van der Waals surface area contributed by atoms with Crippen molar-refractivity contribution in [3.8, 4) is 17.7 Å². The minimum absolute atomic E-state index is 0.182. The molecule has 1 aromatic heterocycles. The van der Waals surface area contributed by atoms with Crippen LogP contribution in [0.4, 0.5) is 5.69 Å². The lowest BCUT2D eigenvalue weighted by molar-refractivity contribution is 0.0305. The smallest absolute Gasteiger partial charge is 0.233 e. The van der Waals surface area contributed by atoms with Gasteiger partial charge in [0, 0.05) is 23.9 Å². The van der Waals surface area contributed by atoms with Gasteiger partial charge in [-0.2, -0.15) is 0 Å². The minimum atomic E-state index is 0.182. The number of hydrogen-bond donors (Lipinski definition) is 1. The number of benzene rings is 1. The van der Waals surface area contributed by atoms with Crippen LogP contribution in [0.15, 0.2) is 36.4 Å². The third kappa shape index (κ3) is 13.7. The van der Waals surface area contributed by atoms with E-state index in [-0.39, 0.29) is 6.10 Å². The molecule has 2 aromatic rings. The zero-order valence-corrected chi connectivity index (χ0v) is 26.9. The van der Waals surface area contributed by atoms with Crippen LogP contribution >= 0.6 is 0 Å². The van der Waals surface area contributed by atoms with Gasteiger partial charge in [-0.3, -0.25) is 4.90 Å².